The second kappa shape index (κ2) is 8.60. The molecule has 1 N–H and O–H groups in total. The molecule has 3 aromatic rings. The van der Waals surface area contributed by atoms with Gasteiger partial charge in [-0.3, -0.25) is 4.79 Å². The van der Waals surface area contributed by atoms with E-state index in [-0.39, 0.29) is 5.75 Å². The summed E-state index contributed by atoms with van der Waals surface area (Å²) in [5.41, 5.74) is 0.369. The van der Waals surface area contributed by atoms with E-state index in [9.17, 15) is 15.2 Å². The Morgan fingerprint density at radius 2 is 1.74 bits per heavy atom. The van der Waals surface area contributed by atoms with Crippen LogP contribution >= 0.6 is 0 Å². The summed E-state index contributed by atoms with van der Waals surface area (Å²) in [6.07, 6.45) is 1.90. The highest BCUT2D eigenvalue weighted by Crippen LogP contribution is 2.57. The SMILES string of the molecule is COc1cccc2c(OC)c3c(OC(=O)C(C)(C)C)c4c(c(O)c3c(OC)c12)C(C#N)CCC4. The Hall–Kier alpha value is -3.66. The van der Waals surface area contributed by atoms with Crippen LogP contribution in [0.3, 0.4) is 0 Å². The number of rotatable bonds is 4. The molecule has 0 heterocycles. The number of hydrogen-bond acceptors (Lipinski definition) is 7. The number of carbonyl (C=O) groups excluding carboxylic acids is 1. The fourth-order valence-electron chi connectivity index (χ4n) is 4.76. The monoisotopic (exact) mass is 463 g/mol. The Labute approximate surface area is 198 Å². The molecule has 7 nitrogen and oxygen atoms in total. The number of nitriles is 1. The Bertz CT molecular complexity index is 1350. The van der Waals surface area contributed by atoms with Crippen molar-refractivity contribution < 1.29 is 28.8 Å². The van der Waals surface area contributed by atoms with Crippen LogP contribution in [0.4, 0.5) is 0 Å². The minimum Gasteiger partial charge on any atom is -0.507 e. The van der Waals surface area contributed by atoms with Crippen LogP contribution in [-0.2, 0) is 11.2 Å². The van der Waals surface area contributed by atoms with E-state index < -0.39 is 17.3 Å². The quantitative estimate of drug-likeness (QED) is 0.305. The van der Waals surface area contributed by atoms with Crippen molar-refractivity contribution in [2.75, 3.05) is 21.3 Å². The number of nitrogens with zero attached hydrogens (tertiary/aromatic N) is 1. The summed E-state index contributed by atoms with van der Waals surface area (Å²) in [7, 11) is 4.60. The predicted octanol–water partition coefficient (Wildman–Crippen LogP) is 5.62. The molecule has 1 aliphatic rings. The molecule has 0 bridgehead atoms. The van der Waals surface area contributed by atoms with Crippen molar-refractivity contribution in [3.63, 3.8) is 0 Å². The molecule has 0 spiro atoms. The zero-order chi connectivity index (χ0) is 24.8. The van der Waals surface area contributed by atoms with Crippen LogP contribution in [0.25, 0.3) is 21.5 Å². The van der Waals surface area contributed by atoms with Crippen molar-refractivity contribution in [2.45, 2.75) is 46.0 Å². The molecule has 0 aromatic heterocycles. The highest BCUT2D eigenvalue weighted by atomic mass is 16.5. The summed E-state index contributed by atoms with van der Waals surface area (Å²) in [5, 5.41) is 23.5. The van der Waals surface area contributed by atoms with Crippen molar-refractivity contribution in [3.05, 3.63) is 29.3 Å². The summed E-state index contributed by atoms with van der Waals surface area (Å²) < 4.78 is 23.4. The van der Waals surface area contributed by atoms with Crippen LogP contribution in [0.5, 0.6) is 28.7 Å². The highest BCUT2D eigenvalue weighted by Gasteiger charge is 2.35. The zero-order valence-corrected chi connectivity index (χ0v) is 20.4. The van der Waals surface area contributed by atoms with Gasteiger partial charge in [0.15, 0.2) is 0 Å². The molecule has 0 amide bonds. The first-order valence-electron chi connectivity index (χ1n) is 11.2. The van der Waals surface area contributed by atoms with Gasteiger partial charge in [0.1, 0.15) is 28.7 Å². The molecule has 1 atom stereocenters. The van der Waals surface area contributed by atoms with E-state index in [1.807, 2.05) is 12.1 Å². The van der Waals surface area contributed by atoms with Crippen LogP contribution < -0.4 is 18.9 Å². The molecule has 4 rings (SSSR count). The number of phenolic OH excluding ortho intramolecular Hbond substituents is 1. The molecular formula is C27H29NO6. The lowest BCUT2D eigenvalue weighted by Crippen LogP contribution is -2.26. The van der Waals surface area contributed by atoms with E-state index in [1.54, 1.807) is 33.9 Å². The number of methoxy groups -OCH3 is 3. The number of fused-ring (bicyclic) bond motifs is 3. The molecule has 3 aromatic carbocycles. The summed E-state index contributed by atoms with van der Waals surface area (Å²) in [6, 6.07) is 7.80. The molecule has 7 heteroatoms. The Morgan fingerprint density at radius 1 is 1.03 bits per heavy atom. The summed E-state index contributed by atoms with van der Waals surface area (Å²) in [6.45, 7) is 5.33. The third kappa shape index (κ3) is 3.45. The fourth-order valence-corrected chi connectivity index (χ4v) is 4.76. The Morgan fingerprint density at radius 3 is 2.32 bits per heavy atom. The van der Waals surface area contributed by atoms with Crippen molar-refractivity contribution in [1.82, 2.24) is 0 Å². The predicted molar refractivity (Wildman–Crippen MR) is 129 cm³/mol. The third-order valence-electron chi connectivity index (χ3n) is 6.38. The van der Waals surface area contributed by atoms with Gasteiger partial charge < -0.3 is 24.1 Å². The highest BCUT2D eigenvalue weighted by molar-refractivity contribution is 6.18. The maximum atomic E-state index is 13.1. The first-order valence-corrected chi connectivity index (χ1v) is 11.2. The van der Waals surface area contributed by atoms with Gasteiger partial charge in [0.05, 0.1) is 54.9 Å². The summed E-state index contributed by atoms with van der Waals surface area (Å²) >= 11 is 0. The fraction of sp³-hybridized carbons (Fsp3) is 0.407. The largest absolute Gasteiger partial charge is 0.507 e. The number of aromatic hydroxyl groups is 1. The molecule has 0 fully saturated rings. The van der Waals surface area contributed by atoms with Gasteiger partial charge in [-0.1, -0.05) is 12.1 Å². The molecule has 1 aliphatic carbocycles. The second-order valence-electron chi connectivity index (χ2n) is 9.48. The van der Waals surface area contributed by atoms with Gasteiger partial charge >= 0.3 is 5.97 Å². The number of ether oxygens (including phenoxy) is 4. The molecule has 0 saturated heterocycles. The normalized spacial score (nSPS) is 15.5. The average molecular weight is 464 g/mol. The molecule has 34 heavy (non-hydrogen) atoms. The lowest BCUT2D eigenvalue weighted by molar-refractivity contribution is -0.142. The first kappa shape index (κ1) is 23.5. The molecule has 0 aliphatic heterocycles. The average Bonchev–Trinajstić information content (AvgIpc) is 2.83. The number of hydrogen-bond donors (Lipinski definition) is 1. The van der Waals surface area contributed by atoms with Gasteiger partial charge in [0.25, 0.3) is 0 Å². The minimum absolute atomic E-state index is 0.0604. The summed E-state index contributed by atoms with van der Waals surface area (Å²) in [5.74, 6) is 0.614. The number of esters is 1. The molecule has 1 unspecified atom stereocenters. The van der Waals surface area contributed by atoms with Gasteiger partial charge in [-0.15, -0.1) is 0 Å². The number of carbonyl (C=O) groups is 1. The maximum absolute atomic E-state index is 13.1. The second-order valence-corrected chi connectivity index (χ2v) is 9.48. The van der Waals surface area contributed by atoms with E-state index in [1.165, 1.54) is 14.2 Å². The molecule has 0 saturated carbocycles. The van der Waals surface area contributed by atoms with Gasteiger partial charge in [-0.05, 0) is 46.1 Å². The molecule has 0 radical (unpaired) electrons. The van der Waals surface area contributed by atoms with Crippen LogP contribution in [0.1, 0.15) is 50.7 Å². The first-order chi connectivity index (χ1) is 16.2. The molecular weight excluding hydrogens is 434 g/mol. The van der Waals surface area contributed by atoms with Gasteiger partial charge in [0.2, 0.25) is 0 Å². The smallest absolute Gasteiger partial charge is 0.316 e. The minimum atomic E-state index is -0.766. The Balaban J connectivity index is 2.29. The van der Waals surface area contributed by atoms with E-state index in [0.717, 1.165) is 6.42 Å². The maximum Gasteiger partial charge on any atom is 0.316 e. The van der Waals surface area contributed by atoms with Crippen molar-refractivity contribution in [2.24, 2.45) is 5.41 Å². The van der Waals surface area contributed by atoms with Crippen LogP contribution in [0, 0.1) is 16.7 Å². The number of phenols is 1. The van der Waals surface area contributed by atoms with Gasteiger partial charge in [0, 0.05) is 16.5 Å². The Kier molecular flexibility index (Phi) is 5.94. The van der Waals surface area contributed by atoms with E-state index in [4.69, 9.17) is 18.9 Å². The van der Waals surface area contributed by atoms with Crippen LogP contribution in [-0.4, -0.2) is 32.4 Å². The van der Waals surface area contributed by atoms with Crippen molar-refractivity contribution >= 4 is 27.5 Å². The lowest BCUT2D eigenvalue weighted by Gasteiger charge is -2.29. The van der Waals surface area contributed by atoms with Gasteiger partial charge in [-0.2, -0.15) is 5.26 Å². The van der Waals surface area contributed by atoms with Gasteiger partial charge in [-0.25, -0.2) is 0 Å². The lowest BCUT2D eigenvalue weighted by atomic mass is 9.80. The zero-order valence-electron chi connectivity index (χ0n) is 20.4. The number of benzene rings is 3. The van der Waals surface area contributed by atoms with E-state index in [0.29, 0.717) is 68.5 Å². The van der Waals surface area contributed by atoms with Crippen molar-refractivity contribution in [3.8, 4) is 34.8 Å². The molecule has 178 valence electrons. The third-order valence-corrected chi connectivity index (χ3v) is 6.38. The summed E-state index contributed by atoms with van der Waals surface area (Å²) in [4.78, 5) is 13.1. The van der Waals surface area contributed by atoms with E-state index >= 15 is 0 Å². The van der Waals surface area contributed by atoms with Crippen LogP contribution in [0.2, 0.25) is 0 Å². The topological polar surface area (TPSA) is 98.0 Å². The van der Waals surface area contributed by atoms with E-state index in [2.05, 4.69) is 6.07 Å². The van der Waals surface area contributed by atoms with Crippen molar-refractivity contribution in [1.29, 1.82) is 5.26 Å². The van der Waals surface area contributed by atoms with Crippen LogP contribution in [0.15, 0.2) is 18.2 Å². The standard InChI is InChI=1S/C27H29NO6/c1-27(2,3)26(30)34-24-15-10-7-9-14(13-28)18(15)22(29)20-21(24)23(32-5)16-11-8-12-17(31-4)19(16)25(20)33-6/h8,11-12,14,29H,7,9-10H2,1-6H3.